The molecule has 0 saturated carbocycles. The van der Waals surface area contributed by atoms with Gasteiger partial charge in [-0.25, -0.2) is 19.9 Å². The Balaban J connectivity index is 1.35. The van der Waals surface area contributed by atoms with Crippen LogP contribution in [0.4, 0.5) is 0 Å². The highest BCUT2D eigenvalue weighted by Gasteiger charge is 2.24. The molecule has 4 heterocycles. The molecule has 1 aliphatic heterocycles. The number of nitrogens with one attached hydrogen (secondary N) is 2. The Morgan fingerprint density at radius 1 is 0.200 bits per heavy atom. The lowest BCUT2D eigenvalue weighted by Gasteiger charge is -2.13. The minimum atomic E-state index is 0.793. The van der Waals surface area contributed by atoms with Gasteiger partial charge >= 0.3 is 0 Å². The monoisotopic (exact) mass is 1230 g/mol. The van der Waals surface area contributed by atoms with Crippen molar-refractivity contribution in [2.75, 3.05) is 0 Å². The summed E-state index contributed by atoms with van der Waals surface area (Å²) in [6, 6.07) is 15.3. The van der Waals surface area contributed by atoms with Crippen LogP contribution in [0, 0.1) is 0 Å². The number of aromatic amines is 2. The highest BCUT2D eigenvalue weighted by Crippen LogP contribution is 2.40. The average molecular weight is 1230 g/mol. The first kappa shape index (κ1) is 73.1. The first-order valence-electron chi connectivity index (χ1n) is 39.6. The lowest BCUT2D eigenvalue weighted by atomic mass is 9.92. The third-order valence-electron chi connectivity index (χ3n) is 20.7. The summed E-state index contributed by atoms with van der Waals surface area (Å²) in [6.07, 6.45) is 70.8. The maximum Gasteiger partial charge on any atom is 0.164 e. The molecule has 6 bridgehead atoms. The highest BCUT2D eigenvalue weighted by atomic mass is 15.0. The second-order valence-electron chi connectivity index (χ2n) is 28.6. The molecule has 3 aromatic carbocycles. The Labute approximate surface area is 551 Å². The van der Waals surface area contributed by atoms with Gasteiger partial charge in [-0.2, -0.15) is 0 Å². The first-order chi connectivity index (χ1) is 44.5. The van der Waals surface area contributed by atoms with Crippen LogP contribution in [0.15, 0.2) is 36.4 Å². The third kappa shape index (κ3) is 24.9. The quantitative estimate of drug-likeness (QED) is 0.0372. The van der Waals surface area contributed by atoms with Crippen molar-refractivity contribution in [2.24, 2.45) is 0 Å². The lowest BCUT2D eigenvalue weighted by molar-refractivity contribution is 0.570. The van der Waals surface area contributed by atoms with Crippen molar-refractivity contribution >= 4 is 44.1 Å². The van der Waals surface area contributed by atoms with E-state index < -0.39 is 0 Å². The van der Waals surface area contributed by atoms with E-state index in [0.717, 1.165) is 83.9 Å². The van der Waals surface area contributed by atoms with Gasteiger partial charge in [0.25, 0.3) is 0 Å². The third-order valence-corrected chi connectivity index (χ3v) is 20.7. The molecule has 6 nitrogen and oxygen atoms in total. The number of hydrogen-bond acceptors (Lipinski definition) is 4. The molecule has 0 amide bonds. The first-order valence-corrected chi connectivity index (χ1v) is 39.6. The minimum absolute atomic E-state index is 0.793. The van der Waals surface area contributed by atoms with Gasteiger partial charge in [-0.3, -0.25) is 0 Å². The van der Waals surface area contributed by atoms with Gasteiger partial charge in [0.2, 0.25) is 0 Å². The van der Waals surface area contributed by atoms with Crippen LogP contribution in [0.3, 0.4) is 0 Å². The Hall–Kier alpha value is -4.32. The van der Waals surface area contributed by atoms with Crippen LogP contribution in [0.25, 0.3) is 66.9 Å². The number of H-pyrrole nitrogens is 2. The van der Waals surface area contributed by atoms with Gasteiger partial charge in [0.15, 0.2) is 11.6 Å². The molecule has 6 aromatic rings. The lowest BCUT2D eigenvalue weighted by Crippen LogP contribution is -1.98. The van der Waals surface area contributed by atoms with Gasteiger partial charge in [-0.1, -0.05) is 311 Å². The van der Waals surface area contributed by atoms with E-state index in [1.165, 1.54) is 363 Å². The molecule has 0 atom stereocenters. The molecule has 0 radical (unpaired) electrons. The van der Waals surface area contributed by atoms with E-state index in [4.69, 9.17) is 19.9 Å². The van der Waals surface area contributed by atoms with E-state index in [0.29, 0.717) is 0 Å². The highest BCUT2D eigenvalue weighted by molar-refractivity contribution is 6.08. The SMILES string of the molecule is CCCCCCCCCCc1cc2c(cc1CCCCCCCCCC)-c1nc-2nc2[nH]c(nc3[nH]c(n1)c1cc(CCCCCCCCCC)c(CCCCCCCCCC)cc31)c1cc(CCCCCCCCCC)c(CCCCCCCCCC)cc21. The molecule has 3 aromatic heterocycles. The van der Waals surface area contributed by atoms with Crippen LogP contribution in [-0.4, -0.2) is 29.9 Å². The molecular formula is C84H134N6. The largest absolute Gasteiger partial charge is 0.324 e. The Kier molecular flexibility index (Phi) is 36.0. The maximum absolute atomic E-state index is 5.77. The molecule has 90 heavy (non-hydrogen) atoms. The number of nitrogens with zero attached hydrogens (tertiary/aromatic N) is 4. The summed E-state index contributed by atoms with van der Waals surface area (Å²) >= 11 is 0. The molecule has 500 valence electrons. The summed E-state index contributed by atoms with van der Waals surface area (Å²) in [5, 5.41) is 4.74. The summed E-state index contributed by atoms with van der Waals surface area (Å²) in [6.45, 7) is 14.0. The molecular weight excluding hydrogens is 1090 g/mol. The average Bonchev–Trinajstić information content (AvgIpc) is 1.61. The fourth-order valence-corrected chi connectivity index (χ4v) is 14.9. The van der Waals surface area contributed by atoms with Crippen LogP contribution in [-0.2, 0) is 38.5 Å². The van der Waals surface area contributed by atoms with E-state index >= 15 is 0 Å². The van der Waals surface area contributed by atoms with Gasteiger partial charge in [-0.15, -0.1) is 0 Å². The predicted molar refractivity (Wildman–Crippen MR) is 396 cm³/mol. The summed E-state index contributed by atoms with van der Waals surface area (Å²) in [5.41, 5.74) is 14.9. The van der Waals surface area contributed by atoms with Crippen molar-refractivity contribution in [1.82, 2.24) is 29.9 Å². The molecule has 6 heteroatoms. The second-order valence-corrected chi connectivity index (χ2v) is 28.6. The Bertz CT molecular complexity index is 2780. The molecule has 7 rings (SSSR count). The molecule has 0 unspecified atom stereocenters. The van der Waals surface area contributed by atoms with Crippen LogP contribution in [0.1, 0.15) is 383 Å². The smallest absolute Gasteiger partial charge is 0.164 e. The molecule has 0 spiro atoms. The molecule has 0 aliphatic carbocycles. The number of unbranched alkanes of at least 4 members (excludes halogenated alkanes) is 42. The molecule has 0 fully saturated rings. The second kappa shape index (κ2) is 44.3. The number of aromatic nitrogens is 6. The molecule has 2 N–H and O–H groups in total. The maximum atomic E-state index is 5.77. The summed E-state index contributed by atoms with van der Waals surface area (Å²) in [4.78, 5) is 30.7. The zero-order chi connectivity index (χ0) is 63.1. The van der Waals surface area contributed by atoms with Crippen LogP contribution < -0.4 is 0 Å². The van der Waals surface area contributed by atoms with E-state index in [2.05, 4.69) is 87.9 Å². The van der Waals surface area contributed by atoms with Gasteiger partial charge in [0, 0.05) is 32.7 Å². The fraction of sp³-hybridized carbons (Fsp3) is 0.714. The summed E-state index contributed by atoms with van der Waals surface area (Å²) < 4.78 is 0. The van der Waals surface area contributed by atoms with Crippen molar-refractivity contribution in [3.8, 4) is 22.8 Å². The van der Waals surface area contributed by atoms with Crippen molar-refractivity contribution < 1.29 is 0 Å². The van der Waals surface area contributed by atoms with Gasteiger partial charge in [0.05, 0.1) is 0 Å². The van der Waals surface area contributed by atoms with Crippen LogP contribution in [0.2, 0.25) is 0 Å². The fourth-order valence-electron chi connectivity index (χ4n) is 14.9. The zero-order valence-corrected chi connectivity index (χ0v) is 59.4. The summed E-state index contributed by atoms with van der Waals surface area (Å²) in [7, 11) is 0. The number of fused-ring (bicyclic) bond motifs is 15. The van der Waals surface area contributed by atoms with Gasteiger partial charge in [-0.05, 0) is 147 Å². The van der Waals surface area contributed by atoms with Crippen LogP contribution in [0.5, 0.6) is 0 Å². The molecule has 1 aliphatic rings. The standard InChI is InChI=1S/C84H134N6/c1-7-13-19-25-31-37-43-49-55-67-61-73-74(62-68(67)56-50-44-38-32-26-20-14-8-2)80-85-79(73)88-81-75-63-69(57-51-45-39-33-27-21-15-9-3)70(58-52-46-40-34-28-22-16-10-4)64-76(75)83(86-81)90-84-78-66-72(60-54-48-42-36-30-24-18-12-6)71(65-77(78)82(87-84)89-80)59-53-47-41-35-29-23-17-11-5/h61-66H,7-60H2,1-6H3,(H2,85,86,87,88,89,90). The van der Waals surface area contributed by atoms with E-state index in [9.17, 15) is 0 Å². The van der Waals surface area contributed by atoms with E-state index in [-0.39, 0.29) is 0 Å². The number of hydrogen-bond donors (Lipinski definition) is 2. The van der Waals surface area contributed by atoms with E-state index in [1.54, 1.807) is 0 Å². The number of benzene rings is 3. The van der Waals surface area contributed by atoms with Gasteiger partial charge < -0.3 is 9.97 Å². The van der Waals surface area contributed by atoms with Crippen LogP contribution >= 0.6 is 0 Å². The molecule has 0 saturated heterocycles. The topological polar surface area (TPSA) is 83.1 Å². The van der Waals surface area contributed by atoms with Crippen molar-refractivity contribution in [3.63, 3.8) is 0 Å². The Morgan fingerprint density at radius 2 is 0.378 bits per heavy atom. The van der Waals surface area contributed by atoms with Crippen molar-refractivity contribution in [3.05, 3.63) is 69.8 Å². The van der Waals surface area contributed by atoms with Gasteiger partial charge in [0.1, 0.15) is 22.6 Å². The summed E-state index contributed by atoms with van der Waals surface area (Å²) in [5.74, 6) is 1.59. The van der Waals surface area contributed by atoms with E-state index in [1.807, 2.05) is 0 Å². The predicted octanol–water partition coefficient (Wildman–Crippen LogP) is 27.4. The number of aryl methyl sites for hydroxylation is 6. The minimum Gasteiger partial charge on any atom is -0.324 e. The van der Waals surface area contributed by atoms with Crippen molar-refractivity contribution in [2.45, 2.75) is 388 Å². The normalized spacial score (nSPS) is 12.1. The van der Waals surface area contributed by atoms with Crippen molar-refractivity contribution in [1.29, 1.82) is 0 Å². The Morgan fingerprint density at radius 3 is 0.589 bits per heavy atom. The zero-order valence-electron chi connectivity index (χ0n) is 59.4. The number of rotatable bonds is 54.